The van der Waals surface area contributed by atoms with Crippen LogP contribution in [-0.2, 0) is 24.1 Å². The van der Waals surface area contributed by atoms with Crippen LogP contribution in [0.15, 0.2) is 12.7 Å². The molecule has 2 saturated heterocycles. The standard InChI is InChI=1S/C22H34N4O2/c1-2-10-26-20-9-8-18(24-11-6-4-3-5-7-12-24)17-19(20)21(23-26)22(27)25-13-15-28-16-14-25/h2,18H,1,3-17H2. The number of hydrogen-bond donors (Lipinski definition) is 0. The summed E-state index contributed by atoms with van der Waals surface area (Å²) in [6.07, 6.45) is 11.7. The van der Waals surface area contributed by atoms with Crippen molar-refractivity contribution >= 4 is 5.91 Å². The Kier molecular flexibility index (Phi) is 6.47. The molecule has 0 bridgehead atoms. The second kappa shape index (κ2) is 9.23. The third kappa shape index (κ3) is 4.18. The molecule has 1 aromatic rings. The first-order valence-electron chi connectivity index (χ1n) is 11.1. The van der Waals surface area contributed by atoms with Gasteiger partial charge in [-0.25, -0.2) is 0 Å². The molecule has 1 aromatic heterocycles. The second-order valence-corrected chi connectivity index (χ2v) is 8.35. The Bertz CT molecular complexity index is 685. The predicted molar refractivity (Wildman–Crippen MR) is 110 cm³/mol. The maximum absolute atomic E-state index is 13.2. The third-order valence-electron chi connectivity index (χ3n) is 6.53. The fraction of sp³-hybridized carbons (Fsp3) is 0.727. The van der Waals surface area contributed by atoms with Gasteiger partial charge in [0, 0.05) is 30.4 Å². The molecule has 28 heavy (non-hydrogen) atoms. The van der Waals surface area contributed by atoms with Crippen molar-refractivity contribution in [1.82, 2.24) is 19.6 Å². The summed E-state index contributed by atoms with van der Waals surface area (Å²) in [4.78, 5) is 17.8. The quantitative estimate of drug-likeness (QED) is 0.747. The van der Waals surface area contributed by atoms with Crippen molar-refractivity contribution in [2.75, 3.05) is 39.4 Å². The van der Waals surface area contributed by atoms with Crippen LogP contribution in [-0.4, -0.2) is 70.9 Å². The van der Waals surface area contributed by atoms with Crippen molar-refractivity contribution in [3.8, 4) is 0 Å². The zero-order valence-corrected chi connectivity index (χ0v) is 17.1. The van der Waals surface area contributed by atoms with E-state index >= 15 is 0 Å². The normalized spacial score (nSPS) is 24.3. The lowest BCUT2D eigenvalue weighted by molar-refractivity contribution is 0.0297. The van der Waals surface area contributed by atoms with Crippen molar-refractivity contribution in [2.24, 2.45) is 0 Å². The number of aromatic nitrogens is 2. The van der Waals surface area contributed by atoms with Crippen LogP contribution < -0.4 is 0 Å². The smallest absolute Gasteiger partial charge is 0.274 e. The maximum atomic E-state index is 13.2. The molecule has 1 amide bonds. The summed E-state index contributed by atoms with van der Waals surface area (Å²) in [5, 5.41) is 4.76. The van der Waals surface area contributed by atoms with Gasteiger partial charge in [0.15, 0.2) is 5.69 Å². The summed E-state index contributed by atoms with van der Waals surface area (Å²) < 4.78 is 7.43. The zero-order valence-electron chi connectivity index (χ0n) is 17.1. The Balaban J connectivity index is 1.57. The van der Waals surface area contributed by atoms with E-state index in [1.807, 2.05) is 15.7 Å². The summed E-state index contributed by atoms with van der Waals surface area (Å²) in [5.74, 6) is 0.0793. The molecule has 1 unspecified atom stereocenters. The molecule has 154 valence electrons. The molecule has 0 N–H and O–H groups in total. The fourth-order valence-electron chi connectivity index (χ4n) is 4.98. The van der Waals surface area contributed by atoms with Gasteiger partial charge in [0.2, 0.25) is 0 Å². The molecule has 0 aromatic carbocycles. The molecule has 3 heterocycles. The molecule has 1 aliphatic carbocycles. The molecule has 3 aliphatic rings. The minimum atomic E-state index is 0.0793. The molecule has 4 rings (SSSR count). The lowest BCUT2D eigenvalue weighted by Gasteiger charge is -2.36. The van der Waals surface area contributed by atoms with Crippen LogP contribution in [0.2, 0.25) is 0 Å². The van der Waals surface area contributed by atoms with Gasteiger partial charge in [-0.2, -0.15) is 5.10 Å². The number of amides is 1. The SMILES string of the molecule is C=CCn1nc(C(=O)N2CCOCC2)c2c1CCC(N1CCCCCCC1)C2. The first kappa shape index (κ1) is 19.6. The van der Waals surface area contributed by atoms with Gasteiger partial charge in [-0.3, -0.25) is 9.48 Å². The molecule has 6 heteroatoms. The first-order valence-corrected chi connectivity index (χ1v) is 11.1. The van der Waals surface area contributed by atoms with E-state index in [-0.39, 0.29) is 5.91 Å². The number of fused-ring (bicyclic) bond motifs is 1. The van der Waals surface area contributed by atoms with Gasteiger partial charge >= 0.3 is 0 Å². The molecule has 2 fully saturated rings. The summed E-state index contributed by atoms with van der Waals surface area (Å²) in [6, 6.07) is 0.545. The summed E-state index contributed by atoms with van der Waals surface area (Å²) in [5.41, 5.74) is 3.12. The highest BCUT2D eigenvalue weighted by Crippen LogP contribution is 2.29. The van der Waals surface area contributed by atoms with Crippen molar-refractivity contribution < 1.29 is 9.53 Å². The molecule has 6 nitrogen and oxygen atoms in total. The number of hydrogen-bond acceptors (Lipinski definition) is 4. The van der Waals surface area contributed by atoms with Crippen molar-refractivity contribution in [3.05, 3.63) is 29.6 Å². The second-order valence-electron chi connectivity index (χ2n) is 8.35. The van der Waals surface area contributed by atoms with Gasteiger partial charge in [-0.05, 0) is 45.2 Å². The Morgan fingerprint density at radius 3 is 2.54 bits per heavy atom. The number of rotatable bonds is 4. The monoisotopic (exact) mass is 386 g/mol. The van der Waals surface area contributed by atoms with Crippen LogP contribution >= 0.6 is 0 Å². The lowest BCUT2D eigenvalue weighted by Crippen LogP contribution is -2.43. The van der Waals surface area contributed by atoms with E-state index in [9.17, 15) is 4.79 Å². The van der Waals surface area contributed by atoms with E-state index < -0.39 is 0 Å². The van der Waals surface area contributed by atoms with Crippen LogP contribution in [0.1, 0.15) is 60.3 Å². The van der Waals surface area contributed by atoms with E-state index in [0.717, 1.165) is 12.8 Å². The van der Waals surface area contributed by atoms with Crippen molar-refractivity contribution in [2.45, 2.75) is 64.0 Å². The van der Waals surface area contributed by atoms with Crippen LogP contribution in [0.25, 0.3) is 0 Å². The topological polar surface area (TPSA) is 50.6 Å². The summed E-state index contributed by atoms with van der Waals surface area (Å²) in [6.45, 7) is 9.53. The van der Waals surface area contributed by atoms with E-state index in [1.54, 1.807) is 0 Å². The zero-order chi connectivity index (χ0) is 19.3. The van der Waals surface area contributed by atoms with E-state index in [1.165, 1.54) is 62.9 Å². The molecule has 2 aliphatic heterocycles. The van der Waals surface area contributed by atoms with Gasteiger partial charge in [-0.15, -0.1) is 6.58 Å². The predicted octanol–water partition coefficient (Wildman–Crippen LogP) is 2.66. The highest BCUT2D eigenvalue weighted by molar-refractivity contribution is 5.94. The molecule has 0 saturated carbocycles. The molecule has 1 atom stereocenters. The summed E-state index contributed by atoms with van der Waals surface area (Å²) >= 11 is 0. The number of morpholine rings is 1. The Hall–Kier alpha value is -1.66. The fourth-order valence-corrected chi connectivity index (χ4v) is 4.98. The number of likely N-dealkylation sites (tertiary alicyclic amines) is 1. The van der Waals surface area contributed by atoms with Crippen molar-refractivity contribution in [3.63, 3.8) is 0 Å². The van der Waals surface area contributed by atoms with Gasteiger partial charge in [0.1, 0.15) is 0 Å². The summed E-state index contributed by atoms with van der Waals surface area (Å²) in [7, 11) is 0. The third-order valence-corrected chi connectivity index (χ3v) is 6.53. The van der Waals surface area contributed by atoms with Crippen LogP contribution in [0.3, 0.4) is 0 Å². The van der Waals surface area contributed by atoms with Gasteiger partial charge in [0.25, 0.3) is 5.91 Å². The highest BCUT2D eigenvalue weighted by atomic mass is 16.5. The lowest BCUT2D eigenvalue weighted by atomic mass is 9.89. The highest BCUT2D eigenvalue weighted by Gasteiger charge is 2.33. The molecular formula is C22H34N4O2. The average Bonchev–Trinajstić information content (AvgIpc) is 3.06. The van der Waals surface area contributed by atoms with Crippen LogP contribution in [0.4, 0.5) is 0 Å². The minimum absolute atomic E-state index is 0.0793. The van der Waals surface area contributed by atoms with Crippen LogP contribution in [0.5, 0.6) is 0 Å². The van der Waals surface area contributed by atoms with E-state index in [2.05, 4.69) is 11.5 Å². The Morgan fingerprint density at radius 2 is 1.82 bits per heavy atom. The van der Waals surface area contributed by atoms with Gasteiger partial charge < -0.3 is 14.5 Å². The van der Waals surface area contributed by atoms with Gasteiger partial charge in [0.05, 0.1) is 19.8 Å². The number of carbonyl (C=O) groups excluding carboxylic acids is 1. The maximum Gasteiger partial charge on any atom is 0.274 e. The number of allylic oxidation sites excluding steroid dienone is 1. The minimum Gasteiger partial charge on any atom is -0.378 e. The number of ether oxygens (including phenoxy) is 1. The Morgan fingerprint density at radius 1 is 1.11 bits per heavy atom. The van der Waals surface area contributed by atoms with E-state index in [4.69, 9.17) is 9.84 Å². The van der Waals surface area contributed by atoms with Crippen LogP contribution in [0, 0.1) is 0 Å². The largest absolute Gasteiger partial charge is 0.378 e. The van der Waals surface area contributed by atoms with Crippen molar-refractivity contribution in [1.29, 1.82) is 0 Å². The molecular weight excluding hydrogens is 352 g/mol. The van der Waals surface area contributed by atoms with Gasteiger partial charge in [-0.1, -0.05) is 25.3 Å². The first-order chi connectivity index (χ1) is 13.8. The molecule has 0 radical (unpaired) electrons. The number of nitrogens with zero attached hydrogens (tertiary/aromatic N) is 4. The average molecular weight is 387 g/mol. The molecule has 0 spiro atoms. The van der Waals surface area contributed by atoms with E-state index in [0.29, 0.717) is 44.6 Å². The Labute approximate surface area is 168 Å². The number of carbonyl (C=O) groups is 1.